The minimum Gasteiger partial charge on any atom is -0.326 e. The van der Waals surface area contributed by atoms with E-state index in [1.54, 1.807) is 0 Å². The predicted octanol–water partition coefficient (Wildman–Crippen LogP) is 4.18. The second-order valence-corrected chi connectivity index (χ2v) is 6.02. The van der Waals surface area contributed by atoms with E-state index in [0.29, 0.717) is 11.8 Å². The van der Waals surface area contributed by atoms with Crippen LogP contribution >= 0.6 is 0 Å². The van der Waals surface area contributed by atoms with Crippen LogP contribution in [0, 0.1) is 17.8 Å². The summed E-state index contributed by atoms with van der Waals surface area (Å²) >= 11 is 0. The summed E-state index contributed by atoms with van der Waals surface area (Å²) < 4.78 is 0. The SMILES string of the molecule is CCc1ccc(NC(=O)[C@H]2[C@H]3C=CCCCC[C@H]32)cc1. The number of anilines is 1. The fraction of sp³-hybridized carbons (Fsp3) is 0.500. The second kappa shape index (κ2) is 5.82. The van der Waals surface area contributed by atoms with Crippen LogP contribution in [0.25, 0.3) is 0 Å². The van der Waals surface area contributed by atoms with Gasteiger partial charge in [-0.25, -0.2) is 0 Å². The van der Waals surface area contributed by atoms with Gasteiger partial charge >= 0.3 is 0 Å². The first-order chi connectivity index (χ1) is 9.79. The molecule has 0 aromatic heterocycles. The van der Waals surface area contributed by atoms with E-state index in [1.807, 2.05) is 12.1 Å². The van der Waals surface area contributed by atoms with Crippen molar-refractivity contribution in [3.8, 4) is 0 Å². The summed E-state index contributed by atoms with van der Waals surface area (Å²) in [4.78, 5) is 12.4. The van der Waals surface area contributed by atoms with Gasteiger partial charge in [-0.1, -0.05) is 37.6 Å². The topological polar surface area (TPSA) is 29.1 Å². The van der Waals surface area contributed by atoms with Crippen molar-refractivity contribution in [1.82, 2.24) is 0 Å². The smallest absolute Gasteiger partial charge is 0.228 e. The molecule has 2 aliphatic rings. The van der Waals surface area contributed by atoms with Gasteiger partial charge in [-0.2, -0.15) is 0 Å². The monoisotopic (exact) mass is 269 g/mol. The molecule has 2 heteroatoms. The highest BCUT2D eigenvalue weighted by molar-refractivity contribution is 5.95. The molecule has 3 rings (SSSR count). The number of nitrogens with one attached hydrogen (secondary N) is 1. The van der Waals surface area contributed by atoms with Crippen LogP contribution in [0.15, 0.2) is 36.4 Å². The van der Waals surface area contributed by atoms with Gasteiger partial charge in [-0.15, -0.1) is 0 Å². The Morgan fingerprint density at radius 2 is 2.05 bits per heavy atom. The third-order valence-electron chi connectivity index (χ3n) is 4.68. The summed E-state index contributed by atoms with van der Waals surface area (Å²) in [7, 11) is 0. The Kier molecular flexibility index (Phi) is 3.90. The van der Waals surface area contributed by atoms with Gasteiger partial charge in [0, 0.05) is 11.6 Å². The van der Waals surface area contributed by atoms with Crippen LogP contribution in [0.1, 0.15) is 38.2 Å². The van der Waals surface area contributed by atoms with Gasteiger partial charge in [0.2, 0.25) is 5.91 Å². The molecule has 2 nitrogen and oxygen atoms in total. The Hall–Kier alpha value is -1.57. The number of amides is 1. The first-order valence-corrected chi connectivity index (χ1v) is 7.86. The third-order valence-corrected chi connectivity index (χ3v) is 4.68. The molecule has 3 atom stereocenters. The zero-order valence-corrected chi connectivity index (χ0v) is 12.1. The van der Waals surface area contributed by atoms with E-state index in [1.165, 1.54) is 31.2 Å². The van der Waals surface area contributed by atoms with Gasteiger partial charge in [-0.05, 0) is 55.2 Å². The highest BCUT2D eigenvalue weighted by Crippen LogP contribution is 2.51. The quantitative estimate of drug-likeness (QED) is 0.819. The zero-order chi connectivity index (χ0) is 13.9. The maximum Gasteiger partial charge on any atom is 0.228 e. The molecular weight excluding hydrogens is 246 g/mol. The summed E-state index contributed by atoms with van der Waals surface area (Å²) in [6.45, 7) is 2.14. The molecule has 0 aliphatic heterocycles. The fourth-order valence-electron chi connectivity index (χ4n) is 3.35. The van der Waals surface area contributed by atoms with E-state index < -0.39 is 0 Å². The minimum absolute atomic E-state index is 0.204. The Morgan fingerprint density at radius 3 is 2.80 bits per heavy atom. The van der Waals surface area contributed by atoms with E-state index in [0.717, 1.165) is 12.1 Å². The minimum atomic E-state index is 0.204. The molecule has 0 heterocycles. The molecule has 1 fully saturated rings. The van der Waals surface area contributed by atoms with Crippen molar-refractivity contribution in [3.63, 3.8) is 0 Å². The summed E-state index contributed by atoms with van der Waals surface area (Å²) in [6.07, 6.45) is 10.5. The molecule has 0 radical (unpaired) electrons. The number of rotatable bonds is 3. The van der Waals surface area contributed by atoms with Crippen LogP contribution in [-0.4, -0.2) is 5.91 Å². The Balaban J connectivity index is 1.62. The molecule has 0 bridgehead atoms. The van der Waals surface area contributed by atoms with Crippen LogP contribution in [0.4, 0.5) is 5.69 Å². The molecule has 1 N–H and O–H groups in total. The average molecular weight is 269 g/mol. The van der Waals surface area contributed by atoms with E-state index in [9.17, 15) is 4.79 Å². The summed E-state index contributed by atoms with van der Waals surface area (Å²) in [5.74, 6) is 1.48. The van der Waals surface area contributed by atoms with Gasteiger partial charge in [-0.3, -0.25) is 4.79 Å². The largest absolute Gasteiger partial charge is 0.326 e. The number of allylic oxidation sites excluding steroid dienone is 2. The molecule has 2 aliphatic carbocycles. The van der Waals surface area contributed by atoms with Gasteiger partial charge in [0.15, 0.2) is 0 Å². The van der Waals surface area contributed by atoms with Crippen LogP contribution in [0.3, 0.4) is 0 Å². The second-order valence-electron chi connectivity index (χ2n) is 6.02. The zero-order valence-electron chi connectivity index (χ0n) is 12.1. The van der Waals surface area contributed by atoms with E-state index in [4.69, 9.17) is 0 Å². The van der Waals surface area contributed by atoms with E-state index in [2.05, 4.69) is 36.5 Å². The molecular formula is C18H23NO. The molecule has 1 saturated carbocycles. The van der Waals surface area contributed by atoms with Crippen LogP contribution in [0.2, 0.25) is 0 Å². The predicted molar refractivity (Wildman–Crippen MR) is 82.5 cm³/mol. The maximum absolute atomic E-state index is 12.4. The molecule has 1 aromatic rings. The van der Waals surface area contributed by atoms with Crippen molar-refractivity contribution >= 4 is 11.6 Å². The normalized spacial score (nSPS) is 28.1. The van der Waals surface area contributed by atoms with Crippen LogP contribution < -0.4 is 5.32 Å². The lowest BCUT2D eigenvalue weighted by Crippen LogP contribution is -2.15. The molecule has 20 heavy (non-hydrogen) atoms. The van der Waals surface area contributed by atoms with E-state index >= 15 is 0 Å². The number of hydrogen-bond donors (Lipinski definition) is 1. The number of hydrogen-bond acceptors (Lipinski definition) is 1. The summed E-state index contributed by atoms with van der Waals surface area (Å²) in [5, 5.41) is 3.08. The molecule has 1 amide bonds. The van der Waals surface area contributed by atoms with Crippen molar-refractivity contribution in [2.24, 2.45) is 17.8 Å². The number of carbonyl (C=O) groups is 1. The van der Waals surface area contributed by atoms with Crippen LogP contribution in [-0.2, 0) is 11.2 Å². The fourth-order valence-corrected chi connectivity index (χ4v) is 3.35. The molecule has 0 saturated heterocycles. The van der Waals surface area contributed by atoms with Crippen molar-refractivity contribution in [3.05, 3.63) is 42.0 Å². The Morgan fingerprint density at radius 1 is 1.25 bits per heavy atom. The van der Waals surface area contributed by atoms with Crippen molar-refractivity contribution in [2.45, 2.75) is 39.0 Å². The van der Waals surface area contributed by atoms with Crippen LogP contribution in [0.5, 0.6) is 0 Å². The van der Waals surface area contributed by atoms with Gasteiger partial charge in [0.25, 0.3) is 0 Å². The Bertz CT molecular complexity index is 503. The molecule has 1 aromatic carbocycles. The van der Waals surface area contributed by atoms with Crippen molar-refractivity contribution in [1.29, 1.82) is 0 Å². The van der Waals surface area contributed by atoms with Gasteiger partial charge < -0.3 is 5.32 Å². The van der Waals surface area contributed by atoms with Crippen molar-refractivity contribution in [2.75, 3.05) is 5.32 Å². The molecule has 0 spiro atoms. The molecule has 106 valence electrons. The lowest BCUT2D eigenvalue weighted by atomic mass is 10.1. The van der Waals surface area contributed by atoms with Gasteiger partial charge in [0.1, 0.15) is 0 Å². The van der Waals surface area contributed by atoms with E-state index in [-0.39, 0.29) is 11.8 Å². The lowest BCUT2D eigenvalue weighted by Gasteiger charge is -2.05. The molecule has 0 unspecified atom stereocenters. The first kappa shape index (κ1) is 13.4. The third kappa shape index (κ3) is 2.79. The standard InChI is InChI=1S/C18H23NO/c1-2-13-9-11-14(12-10-13)19-18(20)17-15-7-5-3-4-6-8-16(15)17/h5,7,9-12,15-17H,2-4,6,8H2,1H3,(H,19,20)/t15-,16+,17-/m0/s1. The lowest BCUT2D eigenvalue weighted by molar-refractivity contribution is -0.117. The maximum atomic E-state index is 12.4. The Labute approximate surface area is 121 Å². The van der Waals surface area contributed by atoms with Gasteiger partial charge in [0.05, 0.1) is 0 Å². The summed E-state index contributed by atoms with van der Waals surface area (Å²) in [6, 6.07) is 8.20. The number of benzene rings is 1. The highest BCUT2D eigenvalue weighted by Gasteiger charge is 2.52. The highest BCUT2D eigenvalue weighted by atomic mass is 16.2. The average Bonchev–Trinajstić information content (AvgIpc) is 3.11. The number of aryl methyl sites for hydroxylation is 1. The van der Waals surface area contributed by atoms with Crippen molar-refractivity contribution < 1.29 is 4.79 Å². The number of carbonyl (C=O) groups excluding carboxylic acids is 1. The first-order valence-electron chi connectivity index (χ1n) is 7.86. The number of fused-ring (bicyclic) bond motifs is 1. The summed E-state index contributed by atoms with van der Waals surface area (Å²) in [5.41, 5.74) is 2.23.